The standard InChI is InChI=1S/C32H31N5O5/c1-32(31(41)36-25-10-5-4-9-24(25)33)13-11-19(12-14-32)17-34-28(38)26-16-22-23(18-37(2)29(39)27(22)35-26)20-7-6-8-21(15-20)30(40)42-3/h4-13,15-16,18,35H,14,17,33H2,1-3H3,(H,34,38)(H,36,41). The second-order valence-electron chi connectivity index (χ2n) is 10.5. The van der Waals surface area contributed by atoms with Crippen LogP contribution in [0.3, 0.4) is 0 Å². The molecule has 2 aromatic heterocycles. The van der Waals surface area contributed by atoms with Crippen molar-refractivity contribution < 1.29 is 19.1 Å². The number of nitrogens with two attached hydrogens (primary N) is 1. The number of aromatic amines is 1. The van der Waals surface area contributed by atoms with Crippen LogP contribution in [0.5, 0.6) is 0 Å². The minimum Gasteiger partial charge on any atom is -0.465 e. The summed E-state index contributed by atoms with van der Waals surface area (Å²) in [4.78, 5) is 54.0. The highest BCUT2D eigenvalue weighted by atomic mass is 16.5. The van der Waals surface area contributed by atoms with Crippen LogP contribution in [0.25, 0.3) is 22.0 Å². The maximum atomic E-state index is 13.1. The Labute approximate surface area is 241 Å². The summed E-state index contributed by atoms with van der Waals surface area (Å²) in [5.41, 5.74) is 9.06. The van der Waals surface area contributed by atoms with E-state index in [1.54, 1.807) is 61.8 Å². The number of benzene rings is 2. The molecule has 0 spiro atoms. The Bertz CT molecular complexity index is 1850. The van der Waals surface area contributed by atoms with Crippen LogP contribution < -0.4 is 21.9 Å². The normalized spacial score (nSPS) is 16.1. The molecule has 0 saturated carbocycles. The smallest absolute Gasteiger partial charge is 0.337 e. The lowest BCUT2D eigenvalue weighted by atomic mass is 9.81. The van der Waals surface area contributed by atoms with Gasteiger partial charge in [-0.1, -0.05) is 42.5 Å². The molecule has 1 aliphatic rings. The van der Waals surface area contributed by atoms with Crippen LogP contribution in [-0.2, 0) is 16.6 Å². The number of aryl methyl sites for hydroxylation is 1. The van der Waals surface area contributed by atoms with Crippen molar-refractivity contribution in [2.24, 2.45) is 12.5 Å². The largest absolute Gasteiger partial charge is 0.465 e. The van der Waals surface area contributed by atoms with Gasteiger partial charge in [0, 0.05) is 30.7 Å². The molecule has 0 fully saturated rings. The van der Waals surface area contributed by atoms with E-state index in [9.17, 15) is 19.2 Å². The molecule has 1 unspecified atom stereocenters. The van der Waals surface area contributed by atoms with Crippen LogP contribution in [0, 0.1) is 5.41 Å². The van der Waals surface area contributed by atoms with Gasteiger partial charge in [0.15, 0.2) is 0 Å². The number of para-hydroxylation sites is 2. The Morgan fingerprint density at radius 1 is 1.12 bits per heavy atom. The quantitative estimate of drug-likeness (QED) is 0.195. The Morgan fingerprint density at radius 3 is 2.62 bits per heavy atom. The number of H-pyrrole nitrogens is 1. The molecule has 0 aliphatic heterocycles. The van der Waals surface area contributed by atoms with E-state index in [4.69, 9.17) is 10.5 Å². The van der Waals surface area contributed by atoms with Crippen molar-refractivity contribution in [3.63, 3.8) is 0 Å². The zero-order valence-corrected chi connectivity index (χ0v) is 23.5. The first kappa shape index (κ1) is 28.2. The molecule has 0 radical (unpaired) electrons. The summed E-state index contributed by atoms with van der Waals surface area (Å²) < 4.78 is 6.26. The van der Waals surface area contributed by atoms with Gasteiger partial charge in [0.05, 0.1) is 29.5 Å². The number of rotatable bonds is 7. The molecule has 0 bridgehead atoms. The Morgan fingerprint density at radius 2 is 1.90 bits per heavy atom. The van der Waals surface area contributed by atoms with Gasteiger partial charge in [-0.3, -0.25) is 14.4 Å². The lowest BCUT2D eigenvalue weighted by Gasteiger charge is -2.27. The van der Waals surface area contributed by atoms with Crippen LogP contribution >= 0.6 is 0 Å². The first-order valence-corrected chi connectivity index (χ1v) is 13.3. The van der Waals surface area contributed by atoms with Crippen molar-refractivity contribution >= 4 is 40.1 Å². The van der Waals surface area contributed by atoms with Crippen LogP contribution in [0.1, 0.15) is 34.2 Å². The van der Waals surface area contributed by atoms with Gasteiger partial charge < -0.3 is 30.7 Å². The minimum absolute atomic E-state index is 0.177. The highest BCUT2D eigenvalue weighted by molar-refractivity contribution is 6.03. The zero-order chi connectivity index (χ0) is 30.0. The summed E-state index contributed by atoms with van der Waals surface area (Å²) in [5.74, 6) is -1.04. The van der Waals surface area contributed by atoms with Crippen molar-refractivity contribution in [3.8, 4) is 11.1 Å². The molecule has 10 nitrogen and oxygen atoms in total. The number of esters is 1. The van der Waals surface area contributed by atoms with Crippen LogP contribution in [-0.4, -0.2) is 41.0 Å². The predicted octanol–water partition coefficient (Wildman–Crippen LogP) is 4.16. The second kappa shape index (κ2) is 11.2. The molecular formula is C32H31N5O5. The molecule has 1 aliphatic carbocycles. The molecule has 214 valence electrons. The second-order valence-corrected chi connectivity index (χ2v) is 10.5. The molecule has 10 heteroatoms. The highest BCUT2D eigenvalue weighted by Gasteiger charge is 2.31. The number of fused-ring (bicyclic) bond motifs is 1. The van der Waals surface area contributed by atoms with E-state index in [-0.39, 0.29) is 35.1 Å². The van der Waals surface area contributed by atoms with Crippen LogP contribution in [0.15, 0.2) is 89.4 Å². The average molecular weight is 566 g/mol. The number of hydrogen-bond acceptors (Lipinski definition) is 6. The van der Waals surface area contributed by atoms with E-state index in [0.29, 0.717) is 39.9 Å². The number of carbonyl (C=O) groups excluding carboxylic acids is 3. The van der Waals surface area contributed by atoms with Crippen molar-refractivity contribution in [3.05, 3.63) is 106 Å². The molecule has 2 heterocycles. The summed E-state index contributed by atoms with van der Waals surface area (Å²) in [7, 11) is 2.94. The molecular weight excluding hydrogens is 534 g/mol. The molecule has 4 aromatic rings. The fraction of sp³-hybridized carbons (Fsp3) is 0.188. The van der Waals surface area contributed by atoms with Gasteiger partial charge in [0.25, 0.3) is 11.5 Å². The SMILES string of the molecule is COC(=O)c1cccc(-c2cn(C)c(=O)c3[nH]c(C(=O)NCC4=CCC(C)(C(=O)Nc5ccccc5N)C=C4)cc23)c1. The molecule has 2 aromatic carbocycles. The number of ether oxygens (including phenoxy) is 1. The number of carbonyl (C=O) groups is 3. The van der Waals surface area contributed by atoms with Gasteiger partial charge in [-0.15, -0.1) is 0 Å². The number of allylic oxidation sites excluding steroid dienone is 1. The molecule has 42 heavy (non-hydrogen) atoms. The molecule has 2 amide bonds. The third-order valence-electron chi connectivity index (χ3n) is 7.44. The topological polar surface area (TPSA) is 148 Å². The molecule has 5 rings (SSSR count). The number of pyridine rings is 1. The minimum atomic E-state index is -0.769. The maximum absolute atomic E-state index is 13.1. The van der Waals surface area contributed by atoms with Gasteiger partial charge in [0.2, 0.25) is 5.91 Å². The first-order chi connectivity index (χ1) is 20.1. The van der Waals surface area contributed by atoms with Gasteiger partial charge in [-0.25, -0.2) is 4.79 Å². The summed E-state index contributed by atoms with van der Waals surface area (Å²) in [6.07, 6.45) is 7.69. The third kappa shape index (κ3) is 5.46. The van der Waals surface area contributed by atoms with Crippen molar-refractivity contribution in [1.29, 1.82) is 0 Å². The van der Waals surface area contributed by atoms with E-state index in [1.807, 2.05) is 31.2 Å². The summed E-state index contributed by atoms with van der Waals surface area (Å²) >= 11 is 0. The number of nitrogen functional groups attached to an aromatic ring is 1. The summed E-state index contributed by atoms with van der Waals surface area (Å²) in [6.45, 7) is 2.08. The first-order valence-electron chi connectivity index (χ1n) is 13.3. The Balaban J connectivity index is 1.31. The number of nitrogens with one attached hydrogen (secondary N) is 3. The maximum Gasteiger partial charge on any atom is 0.337 e. The number of hydrogen-bond donors (Lipinski definition) is 4. The van der Waals surface area contributed by atoms with Gasteiger partial charge in [-0.05, 0) is 54.8 Å². The number of nitrogens with zero attached hydrogens (tertiary/aromatic N) is 1. The number of methoxy groups -OCH3 is 1. The third-order valence-corrected chi connectivity index (χ3v) is 7.44. The summed E-state index contributed by atoms with van der Waals surface area (Å²) in [6, 6.07) is 15.6. The van der Waals surface area contributed by atoms with E-state index in [1.165, 1.54) is 11.7 Å². The van der Waals surface area contributed by atoms with Gasteiger partial charge in [0.1, 0.15) is 11.2 Å². The van der Waals surface area contributed by atoms with E-state index < -0.39 is 11.4 Å². The average Bonchev–Trinajstić information content (AvgIpc) is 3.45. The van der Waals surface area contributed by atoms with Crippen molar-refractivity contribution in [2.75, 3.05) is 24.7 Å². The van der Waals surface area contributed by atoms with E-state index >= 15 is 0 Å². The Hall–Kier alpha value is -5.38. The van der Waals surface area contributed by atoms with E-state index in [0.717, 1.165) is 5.57 Å². The number of anilines is 2. The molecule has 0 saturated heterocycles. The van der Waals surface area contributed by atoms with Crippen LogP contribution in [0.2, 0.25) is 0 Å². The number of amides is 2. The predicted molar refractivity (Wildman–Crippen MR) is 162 cm³/mol. The van der Waals surface area contributed by atoms with Gasteiger partial charge >= 0.3 is 5.97 Å². The van der Waals surface area contributed by atoms with Gasteiger partial charge in [-0.2, -0.15) is 0 Å². The molecule has 5 N–H and O–H groups in total. The van der Waals surface area contributed by atoms with Crippen LogP contribution in [0.4, 0.5) is 11.4 Å². The highest BCUT2D eigenvalue weighted by Crippen LogP contribution is 2.32. The lowest BCUT2D eigenvalue weighted by molar-refractivity contribution is -0.122. The fourth-order valence-electron chi connectivity index (χ4n) is 4.84. The van der Waals surface area contributed by atoms with Crippen molar-refractivity contribution in [2.45, 2.75) is 13.3 Å². The summed E-state index contributed by atoms with van der Waals surface area (Å²) in [5, 5.41) is 6.33. The Kier molecular flexibility index (Phi) is 7.54. The molecule has 1 atom stereocenters. The zero-order valence-electron chi connectivity index (χ0n) is 23.5. The monoisotopic (exact) mass is 565 g/mol. The van der Waals surface area contributed by atoms with E-state index in [2.05, 4.69) is 15.6 Å². The number of aromatic nitrogens is 2. The van der Waals surface area contributed by atoms with Crippen molar-refractivity contribution in [1.82, 2.24) is 14.9 Å². The lowest BCUT2D eigenvalue weighted by Crippen LogP contribution is -2.33. The fourth-order valence-corrected chi connectivity index (χ4v) is 4.84.